The van der Waals surface area contributed by atoms with E-state index in [0.29, 0.717) is 0 Å². The van der Waals surface area contributed by atoms with E-state index in [1.165, 1.54) is 104 Å². The van der Waals surface area contributed by atoms with Crippen LogP contribution in [-0.2, 0) is 5.41 Å². The summed E-state index contributed by atoms with van der Waals surface area (Å²) in [5.41, 5.74) is 25.0. The molecule has 2 aliphatic heterocycles. The number of benzene rings is 11. The van der Waals surface area contributed by atoms with E-state index in [4.69, 9.17) is 4.42 Å². The molecule has 0 bridgehead atoms. The van der Waals surface area contributed by atoms with Crippen LogP contribution in [0.25, 0.3) is 88.4 Å². The number of para-hydroxylation sites is 3. The first-order chi connectivity index (χ1) is 39.8. The maximum atomic E-state index is 7.31. The third-order valence-corrected chi connectivity index (χ3v) is 18.6. The Balaban J connectivity index is 1.07. The standard InChI is InChI=1S/C76H55BN2OS/c1-76(2,3)54-38-36-48(37-39-54)53-42-69-72-71(43-53)81-75-63(52-28-14-7-15-29-52)44-55(78-66-33-19-16-30-57(66)58-31-17-20-34-67(58)78)45-65(75)77(72)64-46-61(50-24-10-5-11-25-50)62(51-26-12-6-13-27-51)47-68(64)79(69)73-56(49-22-8-4-9-23-49)40-41-60-59-32-18-21-35-70(59)80-74(60)73/h4-46,62H,47H2,1-3H3. The molecule has 3 aliphatic rings. The molecular weight excluding hydrogens is 1000 g/mol. The Kier molecular flexibility index (Phi) is 11.0. The fourth-order valence-corrected chi connectivity index (χ4v) is 14.9. The van der Waals surface area contributed by atoms with E-state index >= 15 is 0 Å². The molecule has 13 aromatic rings. The molecule has 3 nitrogen and oxygen atoms in total. The molecule has 0 saturated heterocycles. The Morgan fingerprint density at radius 2 is 1.10 bits per heavy atom. The van der Waals surface area contributed by atoms with Crippen molar-refractivity contribution in [3.05, 3.63) is 289 Å². The number of rotatable bonds is 7. The van der Waals surface area contributed by atoms with Gasteiger partial charge in [0.05, 0.1) is 16.7 Å². The Bertz CT molecular complexity index is 4670. The number of nitrogens with zero attached hydrogens (tertiary/aromatic N) is 2. The van der Waals surface area contributed by atoms with Gasteiger partial charge in [0.15, 0.2) is 5.58 Å². The molecule has 1 atom stereocenters. The summed E-state index contributed by atoms with van der Waals surface area (Å²) >= 11 is 1.94. The quantitative estimate of drug-likeness (QED) is 0.148. The van der Waals surface area contributed by atoms with Crippen molar-refractivity contribution < 1.29 is 4.42 Å². The second-order valence-electron chi connectivity index (χ2n) is 23.1. The van der Waals surface area contributed by atoms with Crippen LogP contribution in [0, 0.1) is 0 Å². The Morgan fingerprint density at radius 1 is 0.506 bits per heavy atom. The number of fused-ring (bicyclic) bond motifs is 9. The second kappa shape index (κ2) is 18.7. The number of hydrogen-bond acceptors (Lipinski definition) is 3. The lowest BCUT2D eigenvalue weighted by molar-refractivity contribution is 0.590. The summed E-state index contributed by atoms with van der Waals surface area (Å²) in [5, 5.41) is 4.71. The van der Waals surface area contributed by atoms with Gasteiger partial charge in [-0.15, -0.1) is 0 Å². The van der Waals surface area contributed by atoms with Gasteiger partial charge in [0.25, 0.3) is 0 Å². The van der Waals surface area contributed by atoms with Gasteiger partial charge in [-0.05, 0) is 121 Å². The van der Waals surface area contributed by atoms with E-state index in [1.807, 2.05) is 11.8 Å². The van der Waals surface area contributed by atoms with E-state index in [9.17, 15) is 0 Å². The topological polar surface area (TPSA) is 21.3 Å². The number of hydrogen-bond donors (Lipinski definition) is 0. The van der Waals surface area contributed by atoms with Crippen molar-refractivity contribution >= 4 is 90.1 Å². The summed E-state index contributed by atoms with van der Waals surface area (Å²) in [6.45, 7) is 6.75. The third kappa shape index (κ3) is 7.66. The maximum absolute atomic E-state index is 7.31. The fourth-order valence-electron chi connectivity index (χ4n) is 13.6. The molecule has 0 N–H and O–H groups in total. The van der Waals surface area contributed by atoms with E-state index in [-0.39, 0.29) is 18.0 Å². The Labute approximate surface area is 477 Å². The van der Waals surface area contributed by atoms with Crippen molar-refractivity contribution in [1.29, 1.82) is 0 Å². The molecule has 0 fully saturated rings. The first kappa shape index (κ1) is 47.7. The summed E-state index contributed by atoms with van der Waals surface area (Å²) < 4.78 is 9.83. The lowest BCUT2D eigenvalue weighted by Crippen LogP contribution is -2.54. The molecular formula is C76H55BN2OS. The van der Waals surface area contributed by atoms with Crippen molar-refractivity contribution in [3.63, 3.8) is 0 Å². The van der Waals surface area contributed by atoms with Crippen LogP contribution in [0.15, 0.2) is 286 Å². The van der Waals surface area contributed by atoms with E-state index < -0.39 is 0 Å². The van der Waals surface area contributed by atoms with Crippen LogP contribution in [0.5, 0.6) is 0 Å². The largest absolute Gasteiger partial charge is 0.454 e. The van der Waals surface area contributed by atoms with E-state index in [1.54, 1.807) is 0 Å². The minimum absolute atomic E-state index is 0.0141. The van der Waals surface area contributed by atoms with Crippen LogP contribution in [-0.4, -0.2) is 11.3 Å². The normalized spacial score (nSPS) is 14.9. The zero-order chi connectivity index (χ0) is 53.9. The van der Waals surface area contributed by atoms with Gasteiger partial charge in [0.1, 0.15) is 5.58 Å². The molecule has 4 heterocycles. The fraction of sp³-hybridized carbons (Fsp3) is 0.0789. The van der Waals surface area contributed by atoms with Gasteiger partial charge in [-0.3, -0.25) is 0 Å². The second-order valence-corrected chi connectivity index (χ2v) is 24.1. The van der Waals surface area contributed by atoms with Crippen molar-refractivity contribution in [2.75, 3.05) is 4.90 Å². The highest BCUT2D eigenvalue weighted by Gasteiger charge is 2.46. The summed E-state index contributed by atoms with van der Waals surface area (Å²) in [5.74, 6) is 0.0419. The minimum atomic E-state index is -0.143. The number of aromatic nitrogens is 1. The summed E-state index contributed by atoms with van der Waals surface area (Å²) in [6, 6.07) is 94.9. The zero-order valence-electron chi connectivity index (χ0n) is 45.4. The van der Waals surface area contributed by atoms with Crippen molar-refractivity contribution in [2.45, 2.75) is 48.3 Å². The number of furan rings is 1. The predicted octanol–water partition coefficient (Wildman–Crippen LogP) is 19.3. The molecule has 1 aliphatic carbocycles. The minimum Gasteiger partial charge on any atom is -0.454 e. The van der Waals surface area contributed by atoms with Crippen LogP contribution in [0.4, 0.5) is 11.4 Å². The molecule has 0 amide bonds. The highest BCUT2D eigenvalue weighted by Crippen LogP contribution is 2.55. The first-order valence-electron chi connectivity index (χ1n) is 28.4. The summed E-state index contributed by atoms with van der Waals surface area (Å²) in [7, 11) is 0. The highest BCUT2D eigenvalue weighted by molar-refractivity contribution is 8.00. The van der Waals surface area contributed by atoms with Crippen LogP contribution in [0.3, 0.4) is 0 Å². The van der Waals surface area contributed by atoms with Gasteiger partial charge in [-0.1, -0.05) is 250 Å². The predicted molar refractivity (Wildman–Crippen MR) is 342 cm³/mol. The van der Waals surface area contributed by atoms with Crippen LogP contribution in [0.2, 0.25) is 0 Å². The molecule has 0 radical (unpaired) electrons. The van der Waals surface area contributed by atoms with Crippen LogP contribution in [0.1, 0.15) is 49.8 Å². The van der Waals surface area contributed by atoms with Crippen LogP contribution < -0.4 is 15.8 Å². The molecule has 0 saturated carbocycles. The highest BCUT2D eigenvalue weighted by atomic mass is 32.2. The summed E-state index contributed by atoms with van der Waals surface area (Å²) in [4.78, 5) is 5.23. The van der Waals surface area contributed by atoms with E-state index in [2.05, 4.69) is 291 Å². The Hall–Kier alpha value is -9.29. The lowest BCUT2D eigenvalue weighted by Gasteiger charge is -2.45. The lowest BCUT2D eigenvalue weighted by atomic mass is 9.33. The zero-order valence-corrected chi connectivity index (χ0v) is 46.2. The molecule has 16 rings (SSSR count). The van der Waals surface area contributed by atoms with Crippen molar-refractivity contribution in [2.24, 2.45) is 0 Å². The SMILES string of the molecule is CC(C)(C)c1ccc(-c2cc3c4c(c2)N(c2c(-c5ccccc5)ccc5c2oc2ccccc25)C2=C(C=C(c5ccccc5)C(c5ccccc5)C2)B4c2cc(-n4c5ccccc5c5ccccc54)cc(-c4ccccc4)c2S3)cc1. The maximum Gasteiger partial charge on any atom is 0.249 e. The van der Waals surface area contributed by atoms with Gasteiger partial charge in [-0.2, -0.15) is 0 Å². The van der Waals surface area contributed by atoms with Gasteiger partial charge < -0.3 is 13.9 Å². The average Bonchev–Trinajstić information content (AvgIpc) is 4.30. The average molecular weight is 1060 g/mol. The van der Waals surface area contributed by atoms with Crippen molar-refractivity contribution in [3.8, 4) is 39.1 Å². The van der Waals surface area contributed by atoms with E-state index in [0.717, 1.165) is 50.9 Å². The number of anilines is 2. The van der Waals surface area contributed by atoms with Gasteiger partial charge in [0.2, 0.25) is 6.71 Å². The molecule has 1 unspecified atom stereocenters. The molecule has 11 aromatic carbocycles. The summed E-state index contributed by atoms with van der Waals surface area (Å²) in [6.07, 6.45) is 3.37. The molecule has 384 valence electrons. The molecule has 5 heteroatoms. The van der Waals surface area contributed by atoms with Gasteiger partial charge >= 0.3 is 0 Å². The third-order valence-electron chi connectivity index (χ3n) is 17.4. The van der Waals surface area contributed by atoms with Gasteiger partial charge in [-0.25, -0.2) is 0 Å². The smallest absolute Gasteiger partial charge is 0.249 e. The van der Waals surface area contributed by atoms with Crippen molar-refractivity contribution in [1.82, 2.24) is 4.57 Å². The monoisotopic (exact) mass is 1050 g/mol. The van der Waals surface area contributed by atoms with Crippen LogP contribution >= 0.6 is 11.8 Å². The van der Waals surface area contributed by atoms with Gasteiger partial charge in [0, 0.05) is 59.9 Å². The Morgan fingerprint density at radius 3 is 1.77 bits per heavy atom. The molecule has 0 spiro atoms. The number of allylic oxidation sites excluding steroid dienone is 4. The molecule has 2 aromatic heterocycles. The first-order valence-corrected chi connectivity index (χ1v) is 29.2. The molecule has 81 heavy (non-hydrogen) atoms.